The molecule has 0 aliphatic rings. The second-order valence-corrected chi connectivity index (χ2v) is 6.93. The number of carbonyl (C=O) groups is 1. The molecule has 2 amide bonds. The Labute approximate surface area is 135 Å². The van der Waals surface area contributed by atoms with Gasteiger partial charge >= 0.3 is 6.03 Å². The molecule has 3 N–H and O–H groups in total. The number of amides is 2. The quantitative estimate of drug-likeness (QED) is 0.642. The summed E-state index contributed by atoms with van der Waals surface area (Å²) in [5.74, 6) is 1.83. The fourth-order valence-corrected chi connectivity index (χ4v) is 2.81. The summed E-state index contributed by atoms with van der Waals surface area (Å²) in [6, 6.07) is 7.58. The summed E-state index contributed by atoms with van der Waals surface area (Å²) in [5, 5.41) is 15.3. The lowest BCUT2D eigenvalue weighted by molar-refractivity contribution is 0.182. The second-order valence-electron chi connectivity index (χ2n) is 5.42. The first-order valence-corrected chi connectivity index (χ1v) is 8.46. The number of nitrogens with one attached hydrogen (secondary N) is 2. The molecule has 0 heterocycles. The van der Waals surface area contributed by atoms with Crippen LogP contribution in [0.2, 0.25) is 5.02 Å². The highest BCUT2D eigenvalue weighted by Gasteiger charge is 2.18. The van der Waals surface area contributed by atoms with Crippen molar-refractivity contribution in [1.82, 2.24) is 10.6 Å². The van der Waals surface area contributed by atoms with Crippen LogP contribution < -0.4 is 10.6 Å². The van der Waals surface area contributed by atoms with Crippen LogP contribution in [-0.4, -0.2) is 35.6 Å². The fraction of sp³-hybridized carbons (Fsp3) is 0.533. The minimum absolute atomic E-state index is 0.0892. The van der Waals surface area contributed by atoms with Crippen LogP contribution in [0.1, 0.15) is 25.8 Å². The van der Waals surface area contributed by atoms with Gasteiger partial charge in [-0.15, -0.1) is 0 Å². The van der Waals surface area contributed by atoms with E-state index in [0.29, 0.717) is 6.54 Å². The minimum Gasteiger partial charge on any atom is -0.394 e. The van der Waals surface area contributed by atoms with E-state index in [2.05, 4.69) is 10.6 Å². The van der Waals surface area contributed by atoms with Crippen LogP contribution in [0.4, 0.5) is 4.79 Å². The Hall–Kier alpha value is -0.910. The standard InChI is InChI=1S/C15H23ClN2O2S/c1-15(2,11-19)18-14(20)17-8-5-9-21-10-12-6-3-4-7-13(12)16/h3-4,6-7,19H,5,8-11H2,1-2H3,(H2,17,18,20). The number of benzene rings is 1. The minimum atomic E-state index is -0.594. The summed E-state index contributed by atoms with van der Waals surface area (Å²) in [7, 11) is 0. The fourth-order valence-electron chi connectivity index (χ4n) is 1.56. The lowest BCUT2D eigenvalue weighted by atomic mass is 10.1. The van der Waals surface area contributed by atoms with Gasteiger partial charge in [0.15, 0.2) is 0 Å². The summed E-state index contributed by atoms with van der Waals surface area (Å²) in [4.78, 5) is 11.6. The third-order valence-corrected chi connectivity index (χ3v) is 4.27. The third-order valence-electron chi connectivity index (χ3n) is 2.81. The van der Waals surface area contributed by atoms with Crippen molar-refractivity contribution in [1.29, 1.82) is 0 Å². The van der Waals surface area contributed by atoms with Gasteiger partial charge < -0.3 is 15.7 Å². The van der Waals surface area contributed by atoms with Crippen LogP contribution in [0.15, 0.2) is 24.3 Å². The van der Waals surface area contributed by atoms with E-state index in [1.165, 1.54) is 0 Å². The number of thioether (sulfide) groups is 1. The molecule has 118 valence electrons. The lowest BCUT2D eigenvalue weighted by Crippen LogP contribution is -2.50. The van der Waals surface area contributed by atoms with Crippen molar-refractivity contribution in [2.45, 2.75) is 31.6 Å². The normalized spacial score (nSPS) is 11.2. The van der Waals surface area contributed by atoms with Gasteiger partial charge in [0, 0.05) is 17.3 Å². The Balaban J connectivity index is 2.10. The molecule has 0 aliphatic heterocycles. The molecule has 6 heteroatoms. The highest BCUT2D eigenvalue weighted by atomic mass is 35.5. The maximum Gasteiger partial charge on any atom is 0.315 e. The topological polar surface area (TPSA) is 61.4 Å². The third kappa shape index (κ3) is 7.60. The first kappa shape index (κ1) is 18.1. The summed E-state index contributed by atoms with van der Waals surface area (Å²) >= 11 is 7.88. The molecule has 0 atom stereocenters. The van der Waals surface area contributed by atoms with Gasteiger partial charge in [0.05, 0.1) is 12.1 Å². The molecule has 0 saturated carbocycles. The van der Waals surface area contributed by atoms with Crippen molar-refractivity contribution in [3.8, 4) is 0 Å². The van der Waals surface area contributed by atoms with Crippen LogP contribution in [0.25, 0.3) is 0 Å². The molecule has 0 aliphatic carbocycles. The molecular weight excluding hydrogens is 308 g/mol. The number of carbonyl (C=O) groups excluding carboxylic acids is 1. The van der Waals surface area contributed by atoms with Gasteiger partial charge in [-0.1, -0.05) is 29.8 Å². The maximum absolute atomic E-state index is 11.6. The smallest absolute Gasteiger partial charge is 0.315 e. The van der Waals surface area contributed by atoms with Crippen LogP contribution in [0, 0.1) is 0 Å². The van der Waals surface area contributed by atoms with Gasteiger partial charge in [-0.05, 0) is 37.7 Å². The van der Waals surface area contributed by atoms with Crippen LogP contribution >= 0.6 is 23.4 Å². The van der Waals surface area contributed by atoms with E-state index in [-0.39, 0.29) is 12.6 Å². The van der Waals surface area contributed by atoms with Gasteiger partial charge in [-0.3, -0.25) is 0 Å². The first-order chi connectivity index (χ1) is 9.94. The lowest BCUT2D eigenvalue weighted by Gasteiger charge is -2.23. The number of hydrogen-bond donors (Lipinski definition) is 3. The summed E-state index contributed by atoms with van der Waals surface area (Å²) in [6.07, 6.45) is 0.891. The van der Waals surface area contributed by atoms with E-state index in [0.717, 1.165) is 28.5 Å². The zero-order chi connectivity index (χ0) is 15.7. The molecule has 0 spiro atoms. The van der Waals surface area contributed by atoms with E-state index < -0.39 is 5.54 Å². The predicted octanol–water partition coefficient (Wildman–Crippen LogP) is 3.03. The zero-order valence-corrected chi connectivity index (χ0v) is 14.1. The number of aliphatic hydroxyl groups excluding tert-OH is 1. The number of urea groups is 1. The molecule has 0 aromatic heterocycles. The van der Waals surface area contributed by atoms with Crippen LogP contribution in [0.5, 0.6) is 0 Å². The molecule has 1 aromatic carbocycles. The van der Waals surface area contributed by atoms with E-state index >= 15 is 0 Å². The van der Waals surface area contributed by atoms with E-state index in [1.807, 2.05) is 24.3 Å². The summed E-state index contributed by atoms with van der Waals surface area (Å²) < 4.78 is 0. The van der Waals surface area contributed by atoms with Crippen LogP contribution in [0.3, 0.4) is 0 Å². The van der Waals surface area contributed by atoms with Gasteiger partial charge in [0.25, 0.3) is 0 Å². The predicted molar refractivity (Wildman–Crippen MR) is 89.9 cm³/mol. The Morgan fingerprint density at radius 3 is 2.76 bits per heavy atom. The molecule has 21 heavy (non-hydrogen) atoms. The van der Waals surface area contributed by atoms with Gasteiger partial charge in [0.2, 0.25) is 0 Å². The second kappa shape index (κ2) is 9.18. The molecule has 0 fully saturated rings. The molecule has 0 bridgehead atoms. The van der Waals surface area contributed by atoms with Crippen molar-refractivity contribution < 1.29 is 9.90 Å². The van der Waals surface area contributed by atoms with Crippen molar-refractivity contribution in [3.63, 3.8) is 0 Å². The van der Waals surface area contributed by atoms with E-state index in [1.54, 1.807) is 25.6 Å². The molecule has 1 rings (SSSR count). The largest absolute Gasteiger partial charge is 0.394 e. The molecule has 0 unspecified atom stereocenters. The van der Waals surface area contributed by atoms with Crippen molar-refractivity contribution in [3.05, 3.63) is 34.9 Å². The van der Waals surface area contributed by atoms with Crippen molar-refractivity contribution in [2.75, 3.05) is 18.9 Å². The highest BCUT2D eigenvalue weighted by Crippen LogP contribution is 2.20. The number of hydrogen-bond acceptors (Lipinski definition) is 3. The van der Waals surface area contributed by atoms with Gasteiger partial charge in [-0.2, -0.15) is 11.8 Å². The Morgan fingerprint density at radius 1 is 1.38 bits per heavy atom. The number of rotatable bonds is 8. The average Bonchev–Trinajstić information content (AvgIpc) is 2.44. The first-order valence-electron chi connectivity index (χ1n) is 6.92. The van der Waals surface area contributed by atoms with E-state index in [4.69, 9.17) is 16.7 Å². The monoisotopic (exact) mass is 330 g/mol. The van der Waals surface area contributed by atoms with Crippen LogP contribution in [-0.2, 0) is 5.75 Å². The molecular formula is C15H23ClN2O2S. The van der Waals surface area contributed by atoms with Crippen molar-refractivity contribution in [2.24, 2.45) is 0 Å². The van der Waals surface area contributed by atoms with Gasteiger partial charge in [-0.25, -0.2) is 4.79 Å². The van der Waals surface area contributed by atoms with Gasteiger partial charge in [0.1, 0.15) is 0 Å². The molecule has 0 saturated heterocycles. The average molecular weight is 331 g/mol. The summed E-state index contributed by atoms with van der Waals surface area (Å²) in [6.45, 7) is 4.06. The molecule has 0 radical (unpaired) electrons. The SMILES string of the molecule is CC(C)(CO)NC(=O)NCCCSCc1ccccc1Cl. The van der Waals surface area contributed by atoms with E-state index in [9.17, 15) is 4.79 Å². The number of aliphatic hydroxyl groups is 1. The maximum atomic E-state index is 11.6. The molecule has 1 aromatic rings. The van der Waals surface area contributed by atoms with Crippen molar-refractivity contribution >= 4 is 29.4 Å². The highest BCUT2D eigenvalue weighted by molar-refractivity contribution is 7.98. The Bertz CT molecular complexity index is 455. The molecule has 4 nitrogen and oxygen atoms in total. The number of halogens is 1. The Morgan fingerprint density at radius 2 is 2.10 bits per heavy atom. The summed E-state index contributed by atoms with van der Waals surface area (Å²) in [5.41, 5.74) is 0.544. The zero-order valence-electron chi connectivity index (χ0n) is 12.5. The Kier molecular flexibility index (Phi) is 7.93.